The molecule has 0 unspecified atom stereocenters. The number of aromatic carboxylic acids is 1. The van der Waals surface area contributed by atoms with E-state index in [1.54, 1.807) is 19.9 Å². The predicted molar refractivity (Wildman–Crippen MR) is 80.1 cm³/mol. The largest absolute Gasteiger partial charge is 0.478 e. The standard InChI is InChI=1S/C15H14FNO4S/c1-9-7-10(2)14(13(8-9)15(18)19)17-22(20,21)12-5-3-11(16)4-6-12/h3-8,17H,1-2H3,(H,18,19). The molecule has 0 saturated heterocycles. The highest BCUT2D eigenvalue weighted by Crippen LogP contribution is 2.26. The zero-order chi connectivity index (χ0) is 16.5. The highest BCUT2D eigenvalue weighted by Gasteiger charge is 2.20. The molecule has 0 saturated carbocycles. The molecule has 0 aliphatic heterocycles. The second-order valence-electron chi connectivity index (χ2n) is 4.87. The van der Waals surface area contributed by atoms with Crippen LogP contribution >= 0.6 is 0 Å². The third-order valence-corrected chi connectivity index (χ3v) is 4.44. The summed E-state index contributed by atoms with van der Waals surface area (Å²) in [6.07, 6.45) is 0. The van der Waals surface area contributed by atoms with Gasteiger partial charge in [0.15, 0.2) is 0 Å². The Morgan fingerprint density at radius 3 is 2.27 bits per heavy atom. The van der Waals surface area contributed by atoms with Gasteiger partial charge in [0.1, 0.15) is 5.82 Å². The molecule has 0 spiro atoms. The van der Waals surface area contributed by atoms with Crippen LogP contribution in [0.1, 0.15) is 21.5 Å². The molecule has 22 heavy (non-hydrogen) atoms. The normalized spacial score (nSPS) is 11.2. The first-order chi connectivity index (χ1) is 10.2. The van der Waals surface area contributed by atoms with Crippen LogP contribution in [-0.2, 0) is 10.0 Å². The fourth-order valence-corrected chi connectivity index (χ4v) is 3.23. The van der Waals surface area contributed by atoms with Gasteiger partial charge in [-0.25, -0.2) is 17.6 Å². The molecule has 0 aliphatic carbocycles. The summed E-state index contributed by atoms with van der Waals surface area (Å²) in [5, 5.41) is 9.23. The highest BCUT2D eigenvalue weighted by molar-refractivity contribution is 7.92. The maximum Gasteiger partial charge on any atom is 0.337 e. The maximum absolute atomic E-state index is 12.9. The van der Waals surface area contributed by atoms with Crippen LogP contribution in [0.2, 0.25) is 0 Å². The molecule has 0 aliphatic rings. The number of nitrogens with one attached hydrogen (secondary N) is 1. The number of sulfonamides is 1. The van der Waals surface area contributed by atoms with E-state index in [1.165, 1.54) is 6.07 Å². The quantitative estimate of drug-likeness (QED) is 0.906. The van der Waals surface area contributed by atoms with E-state index >= 15 is 0 Å². The minimum absolute atomic E-state index is 0.00225. The van der Waals surface area contributed by atoms with Crippen molar-refractivity contribution in [3.8, 4) is 0 Å². The van der Waals surface area contributed by atoms with Gasteiger partial charge in [-0.1, -0.05) is 6.07 Å². The average molecular weight is 323 g/mol. The van der Waals surface area contributed by atoms with Crippen molar-refractivity contribution in [3.05, 3.63) is 58.9 Å². The van der Waals surface area contributed by atoms with Crippen LogP contribution in [-0.4, -0.2) is 19.5 Å². The predicted octanol–water partition coefficient (Wildman–Crippen LogP) is 2.94. The molecule has 0 aromatic heterocycles. The zero-order valence-corrected chi connectivity index (χ0v) is 12.7. The second kappa shape index (κ2) is 5.76. The van der Waals surface area contributed by atoms with Crippen LogP contribution in [0.25, 0.3) is 0 Å². The minimum Gasteiger partial charge on any atom is -0.478 e. The number of carboxylic acid groups (broad SMARTS) is 1. The van der Waals surface area contributed by atoms with Crippen LogP contribution in [0.4, 0.5) is 10.1 Å². The topological polar surface area (TPSA) is 83.5 Å². The van der Waals surface area contributed by atoms with Gasteiger partial charge < -0.3 is 5.11 Å². The summed E-state index contributed by atoms with van der Waals surface area (Å²) < 4.78 is 39.8. The number of anilines is 1. The smallest absolute Gasteiger partial charge is 0.337 e. The molecule has 0 bridgehead atoms. The molecule has 5 nitrogen and oxygen atoms in total. The van der Waals surface area contributed by atoms with Gasteiger partial charge in [0.2, 0.25) is 0 Å². The Bertz CT molecular complexity index is 829. The molecule has 2 N–H and O–H groups in total. The second-order valence-corrected chi connectivity index (χ2v) is 6.55. The lowest BCUT2D eigenvalue weighted by Crippen LogP contribution is -2.17. The summed E-state index contributed by atoms with van der Waals surface area (Å²) in [6, 6.07) is 7.33. The number of benzene rings is 2. The molecule has 2 rings (SSSR count). The lowest BCUT2D eigenvalue weighted by Gasteiger charge is -2.14. The van der Waals surface area contributed by atoms with Gasteiger partial charge in [-0.05, 0) is 55.3 Å². The van der Waals surface area contributed by atoms with Crippen LogP contribution in [0, 0.1) is 19.7 Å². The highest BCUT2D eigenvalue weighted by atomic mass is 32.2. The number of carboxylic acids is 1. The molecule has 2 aromatic rings. The van der Waals surface area contributed by atoms with Gasteiger partial charge in [-0.15, -0.1) is 0 Å². The third-order valence-electron chi connectivity index (χ3n) is 3.07. The van der Waals surface area contributed by atoms with Crippen molar-refractivity contribution < 1.29 is 22.7 Å². The summed E-state index contributed by atoms with van der Waals surface area (Å²) in [5.41, 5.74) is 1.06. The Hall–Kier alpha value is -2.41. The monoisotopic (exact) mass is 323 g/mol. The Kier molecular flexibility index (Phi) is 4.18. The van der Waals surface area contributed by atoms with E-state index in [2.05, 4.69) is 4.72 Å². The summed E-state index contributed by atoms with van der Waals surface area (Å²) >= 11 is 0. The number of carbonyl (C=O) groups is 1. The van der Waals surface area contributed by atoms with Crippen molar-refractivity contribution in [3.63, 3.8) is 0 Å². The van der Waals surface area contributed by atoms with E-state index < -0.39 is 21.8 Å². The van der Waals surface area contributed by atoms with Crippen LogP contribution in [0.3, 0.4) is 0 Å². The van der Waals surface area contributed by atoms with Gasteiger partial charge in [-0.3, -0.25) is 4.72 Å². The summed E-state index contributed by atoms with van der Waals surface area (Å²) in [5.74, 6) is -1.79. The van der Waals surface area contributed by atoms with Crippen LogP contribution in [0.15, 0.2) is 41.3 Å². The fraction of sp³-hybridized carbons (Fsp3) is 0.133. The van der Waals surface area contributed by atoms with E-state index in [1.807, 2.05) is 0 Å². The molecule has 0 fully saturated rings. The lowest BCUT2D eigenvalue weighted by atomic mass is 10.0. The van der Waals surface area contributed by atoms with Crippen molar-refractivity contribution in [1.29, 1.82) is 0 Å². The summed E-state index contributed by atoms with van der Waals surface area (Å²) in [6.45, 7) is 3.33. The molecule has 7 heteroatoms. The first kappa shape index (κ1) is 16.0. The molecular formula is C15H14FNO4S. The van der Waals surface area contributed by atoms with Crippen molar-refractivity contribution >= 4 is 21.7 Å². The van der Waals surface area contributed by atoms with E-state index in [0.717, 1.165) is 24.3 Å². The zero-order valence-electron chi connectivity index (χ0n) is 11.9. The number of aryl methyl sites for hydroxylation is 2. The van der Waals surface area contributed by atoms with E-state index in [4.69, 9.17) is 0 Å². The molecule has 0 heterocycles. The molecule has 0 amide bonds. The Morgan fingerprint density at radius 2 is 1.73 bits per heavy atom. The molecule has 0 radical (unpaired) electrons. The van der Waals surface area contributed by atoms with Crippen molar-refractivity contribution in [2.24, 2.45) is 0 Å². The maximum atomic E-state index is 12.9. The van der Waals surface area contributed by atoms with Crippen molar-refractivity contribution in [2.45, 2.75) is 18.7 Å². The Morgan fingerprint density at radius 1 is 1.14 bits per heavy atom. The number of halogens is 1. The number of hydrogen-bond acceptors (Lipinski definition) is 3. The van der Waals surface area contributed by atoms with E-state index in [-0.39, 0.29) is 16.1 Å². The van der Waals surface area contributed by atoms with E-state index in [9.17, 15) is 22.7 Å². The van der Waals surface area contributed by atoms with Gasteiger partial charge in [0.05, 0.1) is 16.1 Å². The first-order valence-corrected chi connectivity index (χ1v) is 7.82. The number of hydrogen-bond donors (Lipinski definition) is 2. The van der Waals surface area contributed by atoms with Gasteiger partial charge in [0, 0.05) is 0 Å². The van der Waals surface area contributed by atoms with Gasteiger partial charge in [-0.2, -0.15) is 0 Å². The molecule has 2 aromatic carbocycles. The van der Waals surface area contributed by atoms with Crippen molar-refractivity contribution in [2.75, 3.05) is 4.72 Å². The molecule has 116 valence electrons. The number of rotatable bonds is 4. The van der Waals surface area contributed by atoms with Gasteiger partial charge in [0.25, 0.3) is 10.0 Å². The minimum atomic E-state index is -4.00. The Labute approximate surface area is 127 Å². The molecular weight excluding hydrogens is 309 g/mol. The third kappa shape index (κ3) is 3.25. The lowest BCUT2D eigenvalue weighted by molar-refractivity contribution is 0.0698. The van der Waals surface area contributed by atoms with E-state index in [0.29, 0.717) is 11.1 Å². The van der Waals surface area contributed by atoms with Crippen LogP contribution < -0.4 is 4.72 Å². The average Bonchev–Trinajstić information content (AvgIpc) is 2.41. The van der Waals surface area contributed by atoms with Gasteiger partial charge >= 0.3 is 5.97 Å². The summed E-state index contributed by atoms with van der Waals surface area (Å²) in [4.78, 5) is 11.2. The first-order valence-electron chi connectivity index (χ1n) is 6.33. The van der Waals surface area contributed by atoms with Crippen molar-refractivity contribution in [1.82, 2.24) is 0 Å². The SMILES string of the molecule is Cc1cc(C)c(NS(=O)(=O)c2ccc(F)cc2)c(C(=O)O)c1. The summed E-state index contributed by atoms with van der Waals surface area (Å²) in [7, 11) is -4.00. The Balaban J connectivity index is 2.50. The van der Waals surface area contributed by atoms with Crippen LogP contribution in [0.5, 0.6) is 0 Å². The molecule has 0 atom stereocenters. The fourth-order valence-electron chi connectivity index (χ4n) is 2.08.